The maximum atomic E-state index is 14.0. The van der Waals surface area contributed by atoms with Gasteiger partial charge in [0.1, 0.15) is 22.8 Å². The van der Waals surface area contributed by atoms with Crippen LogP contribution in [0.25, 0.3) is 27.6 Å². The molecule has 2 saturated carbocycles. The molecule has 0 bridgehead atoms. The van der Waals surface area contributed by atoms with Crippen LogP contribution in [0.15, 0.2) is 41.2 Å². The normalized spacial score (nSPS) is 19.6. The average molecular weight is 527 g/mol. The molecule has 1 aliphatic heterocycles. The summed E-state index contributed by atoms with van der Waals surface area (Å²) in [6.45, 7) is 1.96. The predicted molar refractivity (Wildman–Crippen MR) is 138 cm³/mol. The molecular formula is C26H21Cl2FN4OS. The van der Waals surface area contributed by atoms with Crippen molar-refractivity contribution in [2.24, 2.45) is 11.3 Å². The van der Waals surface area contributed by atoms with Crippen LogP contribution >= 0.6 is 34.5 Å². The van der Waals surface area contributed by atoms with Gasteiger partial charge in [-0.2, -0.15) is 0 Å². The molecule has 4 heterocycles. The summed E-state index contributed by atoms with van der Waals surface area (Å²) in [6.07, 6.45) is 12.1. The van der Waals surface area contributed by atoms with E-state index in [0.29, 0.717) is 44.1 Å². The lowest BCUT2D eigenvalue weighted by atomic mass is 9.58. The van der Waals surface area contributed by atoms with E-state index >= 15 is 0 Å². The van der Waals surface area contributed by atoms with Gasteiger partial charge in [-0.1, -0.05) is 57.9 Å². The Balaban J connectivity index is 1.06. The van der Waals surface area contributed by atoms with E-state index in [4.69, 9.17) is 27.7 Å². The van der Waals surface area contributed by atoms with Crippen molar-refractivity contribution in [3.63, 3.8) is 0 Å². The summed E-state index contributed by atoms with van der Waals surface area (Å²) in [5, 5.41) is 6.21. The van der Waals surface area contributed by atoms with Crippen LogP contribution in [0.5, 0.6) is 0 Å². The molecule has 1 saturated heterocycles. The molecule has 0 amide bonds. The number of para-hydroxylation sites is 1. The number of benzene rings is 1. The van der Waals surface area contributed by atoms with Crippen molar-refractivity contribution < 1.29 is 8.91 Å². The maximum absolute atomic E-state index is 14.0. The van der Waals surface area contributed by atoms with Crippen molar-refractivity contribution in [3.8, 4) is 11.3 Å². The van der Waals surface area contributed by atoms with Crippen LogP contribution in [0, 0.1) is 17.2 Å². The second-order valence-corrected chi connectivity index (χ2v) is 11.9. The Hall–Kier alpha value is -2.48. The van der Waals surface area contributed by atoms with Gasteiger partial charge < -0.3 is 9.42 Å². The highest BCUT2D eigenvalue weighted by molar-refractivity contribution is 7.22. The minimum atomic E-state index is -0.248. The van der Waals surface area contributed by atoms with Gasteiger partial charge in [0.25, 0.3) is 0 Å². The highest BCUT2D eigenvalue weighted by atomic mass is 35.5. The van der Waals surface area contributed by atoms with E-state index in [1.165, 1.54) is 6.07 Å². The molecule has 0 unspecified atom stereocenters. The highest BCUT2D eigenvalue weighted by Gasteiger charge is 2.52. The standard InChI is InChI=1S/C26H21Cl2FN4OS/c27-17-10-30-11-18(28)21(17)22-16(24(34-32-22)15-5-6-15)7-4-14-8-26(9-14)12-33(13-26)25-31-23-19(29)2-1-3-20(23)35-25/h1-4,7,10-11,14-15H,5-6,8-9,12-13H2/b7-4+. The van der Waals surface area contributed by atoms with Crippen LogP contribution in [0.3, 0.4) is 0 Å². The fraction of sp³-hybridized carbons (Fsp3) is 0.346. The molecule has 0 atom stereocenters. The molecule has 2 aliphatic carbocycles. The minimum absolute atomic E-state index is 0.248. The van der Waals surface area contributed by atoms with Crippen LogP contribution in [0.2, 0.25) is 10.0 Å². The van der Waals surface area contributed by atoms with Crippen molar-refractivity contribution in [1.82, 2.24) is 15.1 Å². The minimum Gasteiger partial charge on any atom is -0.360 e. The number of allylic oxidation sites excluding steroid dienone is 1. The summed E-state index contributed by atoms with van der Waals surface area (Å²) in [5.74, 6) is 1.60. The van der Waals surface area contributed by atoms with E-state index < -0.39 is 0 Å². The molecule has 1 aromatic carbocycles. The van der Waals surface area contributed by atoms with E-state index in [9.17, 15) is 4.39 Å². The number of halogens is 3. The molecule has 3 aromatic heterocycles. The lowest BCUT2D eigenvalue weighted by molar-refractivity contribution is 0.0486. The molecule has 1 spiro atoms. The Labute approximate surface area is 215 Å². The number of thiazole rings is 1. The van der Waals surface area contributed by atoms with Gasteiger partial charge in [-0.25, -0.2) is 9.37 Å². The van der Waals surface area contributed by atoms with Gasteiger partial charge in [-0.05, 0) is 43.7 Å². The molecule has 7 rings (SSSR count). The zero-order valence-corrected chi connectivity index (χ0v) is 21.0. The molecule has 178 valence electrons. The summed E-state index contributed by atoms with van der Waals surface area (Å²) in [4.78, 5) is 10.9. The number of nitrogens with zero attached hydrogens (tertiary/aromatic N) is 4. The predicted octanol–water partition coefficient (Wildman–Crippen LogP) is 7.60. The molecular weight excluding hydrogens is 506 g/mol. The van der Waals surface area contributed by atoms with Crippen molar-refractivity contribution in [2.45, 2.75) is 31.6 Å². The first-order chi connectivity index (χ1) is 17.0. The third-order valence-electron chi connectivity index (χ3n) is 7.40. The SMILES string of the molecule is Fc1cccc2sc(N3CC4(CC(/C=C/c5c(-c6c(Cl)cncc6Cl)noc5C5CC5)C4)C3)nc12. The first-order valence-electron chi connectivity index (χ1n) is 11.8. The van der Waals surface area contributed by atoms with E-state index in [1.54, 1.807) is 29.8 Å². The lowest BCUT2D eigenvalue weighted by Gasteiger charge is -2.58. The molecule has 0 radical (unpaired) electrons. The quantitative estimate of drug-likeness (QED) is 0.268. The Bertz CT molecular complexity index is 1460. The summed E-state index contributed by atoms with van der Waals surface area (Å²) in [5.41, 5.74) is 3.15. The fourth-order valence-corrected chi connectivity index (χ4v) is 7.07. The Morgan fingerprint density at radius 3 is 2.63 bits per heavy atom. The first-order valence-corrected chi connectivity index (χ1v) is 13.3. The molecule has 0 N–H and O–H groups in total. The van der Waals surface area contributed by atoms with Crippen LogP contribution in [-0.4, -0.2) is 28.2 Å². The summed E-state index contributed by atoms with van der Waals surface area (Å²) < 4.78 is 20.7. The van der Waals surface area contributed by atoms with Gasteiger partial charge in [-0.15, -0.1) is 0 Å². The molecule has 4 aromatic rings. The van der Waals surface area contributed by atoms with Gasteiger partial charge in [0, 0.05) is 47.9 Å². The van der Waals surface area contributed by atoms with E-state index in [2.05, 4.69) is 32.2 Å². The number of hydrogen-bond donors (Lipinski definition) is 0. The molecule has 9 heteroatoms. The van der Waals surface area contributed by atoms with E-state index in [0.717, 1.165) is 59.9 Å². The summed E-state index contributed by atoms with van der Waals surface area (Å²) in [6, 6.07) is 5.14. The average Bonchev–Trinajstić information content (AvgIpc) is 3.39. The topological polar surface area (TPSA) is 55.1 Å². The second kappa shape index (κ2) is 8.02. The van der Waals surface area contributed by atoms with E-state index in [-0.39, 0.29) is 5.82 Å². The summed E-state index contributed by atoms with van der Waals surface area (Å²) >= 11 is 14.4. The summed E-state index contributed by atoms with van der Waals surface area (Å²) in [7, 11) is 0. The number of rotatable bonds is 5. The van der Waals surface area contributed by atoms with Crippen LogP contribution < -0.4 is 4.90 Å². The second-order valence-electron chi connectivity index (χ2n) is 10.0. The molecule has 3 aliphatic rings. The van der Waals surface area contributed by atoms with Crippen LogP contribution in [-0.2, 0) is 0 Å². The van der Waals surface area contributed by atoms with Crippen LogP contribution in [0.1, 0.15) is 42.9 Å². The Kier molecular flexibility index (Phi) is 4.99. The number of fused-ring (bicyclic) bond motifs is 1. The lowest BCUT2D eigenvalue weighted by Crippen LogP contribution is -2.62. The highest BCUT2D eigenvalue weighted by Crippen LogP contribution is 2.54. The van der Waals surface area contributed by atoms with Gasteiger partial charge >= 0.3 is 0 Å². The van der Waals surface area contributed by atoms with E-state index in [1.807, 2.05) is 6.07 Å². The Morgan fingerprint density at radius 2 is 1.91 bits per heavy atom. The maximum Gasteiger partial charge on any atom is 0.186 e. The molecule has 5 nitrogen and oxygen atoms in total. The molecule has 3 fully saturated rings. The third kappa shape index (κ3) is 3.67. The van der Waals surface area contributed by atoms with Gasteiger partial charge in [0.2, 0.25) is 0 Å². The third-order valence-corrected chi connectivity index (χ3v) is 9.06. The smallest absolute Gasteiger partial charge is 0.186 e. The zero-order valence-electron chi connectivity index (χ0n) is 18.7. The van der Waals surface area contributed by atoms with Crippen LogP contribution in [0.4, 0.5) is 9.52 Å². The largest absolute Gasteiger partial charge is 0.360 e. The van der Waals surface area contributed by atoms with Crippen molar-refractivity contribution in [1.29, 1.82) is 0 Å². The monoisotopic (exact) mass is 526 g/mol. The number of pyridine rings is 1. The number of hydrogen-bond acceptors (Lipinski definition) is 6. The van der Waals surface area contributed by atoms with Gasteiger partial charge in [-0.3, -0.25) is 4.98 Å². The van der Waals surface area contributed by atoms with Crippen molar-refractivity contribution in [2.75, 3.05) is 18.0 Å². The van der Waals surface area contributed by atoms with Gasteiger partial charge in [0.05, 0.1) is 14.7 Å². The number of anilines is 1. The molecule has 35 heavy (non-hydrogen) atoms. The number of aromatic nitrogens is 3. The fourth-order valence-electron chi connectivity index (χ4n) is 5.55. The van der Waals surface area contributed by atoms with Crippen molar-refractivity contribution >= 4 is 56.0 Å². The Morgan fingerprint density at radius 1 is 1.14 bits per heavy atom. The van der Waals surface area contributed by atoms with Gasteiger partial charge in [0.15, 0.2) is 5.13 Å². The first kappa shape index (κ1) is 21.8. The zero-order chi connectivity index (χ0) is 23.7. The van der Waals surface area contributed by atoms with Crippen molar-refractivity contribution in [3.05, 3.63) is 63.9 Å².